The van der Waals surface area contributed by atoms with Crippen LogP contribution in [-0.4, -0.2) is 27.6 Å². The molecule has 1 fully saturated rings. The number of nitrogen functional groups attached to an aromatic ring is 1. The molecule has 106 valence electrons. The summed E-state index contributed by atoms with van der Waals surface area (Å²) in [4.78, 5) is 12.5. The Kier molecular flexibility index (Phi) is 4.73. The second-order valence-electron chi connectivity index (χ2n) is 4.88. The van der Waals surface area contributed by atoms with Gasteiger partial charge in [0.2, 0.25) is 11.9 Å². The Morgan fingerprint density at radius 1 is 1.32 bits per heavy atom. The Labute approximate surface area is 113 Å². The molecule has 1 unspecified atom stereocenters. The van der Waals surface area contributed by atoms with Crippen molar-refractivity contribution in [1.29, 1.82) is 0 Å². The topological polar surface area (TPSA) is 98.0 Å². The van der Waals surface area contributed by atoms with Crippen LogP contribution >= 0.6 is 0 Å². The lowest BCUT2D eigenvalue weighted by atomic mass is 9.80. The highest BCUT2D eigenvalue weighted by atomic mass is 16.5. The number of anilines is 2. The standard InChI is InChI=1S/C12H22N6O/c1-3-7-19-12-16-10(15-11(17-12)18-13)14-8(2)9-5-4-6-9/h8-9H,3-7,13H2,1-2H3,(H2,14,15,16,17,18). The molecule has 0 amide bonds. The van der Waals surface area contributed by atoms with E-state index in [4.69, 9.17) is 10.6 Å². The van der Waals surface area contributed by atoms with Gasteiger partial charge in [-0.3, -0.25) is 5.43 Å². The van der Waals surface area contributed by atoms with Crippen molar-refractivity contribution in [2.75, 3.05) is 17.3 Å². The van der Waals surface area contributed by atoms with Gasteiger partial charge in [-0.05, 0) is 32.1 Å². The Bertz CT molecular complexity index is 409. The van der Waals surface area contributed by atoms with E-state index in [1.54, 1.807) is 0 Å². The SMILES string of the molecule is CCCOc1nc(NN)nc(NC(C)C2CCC2)n1. The van der Waals surface area contributed by atoms with Gasteiger partial charge in [0.25, 0.3) is 0 Å². The van der Waals surface area contributed by atoms with E-state index in [0.29, 0.717) is 36.5 Å². The number of aromatic nitrogens is 3. The van der Waals surface area contributed by atoms with Crippen LogP contribution in [0.15, 0.2) is 0 Å². The van der Waals surface area contributed by atoms with Crippen molar-refractivity contribution in [2.45, 2.75) is 45.6 Å². The summed E-state index contributed by atoms with van der Waals surface area (Å²) in [6, 6.07) is 0.647. The number of nitrogens with zero attached hydrogens (tertiary/aromatic N) is 3. The average Bonchev–Trinajstić information content (AvgIpc) is 2.33. The maximum Gasteiger partial charge on any atom is 0.323 e. The highest BCUT2D eigenvalue weighted by Gasteiger charge is 2.24. The lowest BCUT2D eigenvalue weighted by molar-refractivity contribution is 0.281. The molecule has 1 saturated carbocycles. The van der Waals surface area contributed by atoms with Gasteiger partial charge >= 0.3 is 6.01 Å². The maximum absolute atomic E-state index is 5.42. The van der Waals surface area contributed by atoms with Gasteiger partial charge in [-0.15, -0.1) is 0 Å². The van der Waals surface area contributed by atoms with Crippen molar-refractivity contribution in [3.63, 3.8) is 0 Å². The molecule has 7 nitrogen and oxygen atoms in total. The molecule has 1 aliphatic rings. The molecule has 4 N–H and O–H groups in total. The third-order valence-electron chi connectivity index (χ3n) is 3.39. The fraction of sp³-hybridized carbons (Fsp3) is 0.750. The number of hydrazine groups is 1. The van der Waals surface area contributed by atoms with Crippen LogP contribution in [0.5, 0.6) is 6.01 Å². The molecular weight excluding hydrogens is 244 g/mol. The van der Waals surface area contributed by atoms with E-state index in [2.05, 4.69) is 32.6 Å². The van der Waals surface area contributed by atoms with Crippen molar-refractivity contribution in [1.82, 2.24) is 15.0 Å². The van der Waals surface area contributed by atoms with Crippen LogP contribution in [0.4, 0.5) is 11.9 Å². The van der Waals surface area contributed by atoms with Gasteiger partial charge in [-0.2, -0.15) is 15.0 Å². The largest absolute Gasteiger partial charge is 0.463 e. The molecular formula is C12H22N6O. The minimum absolute atomic E-state index is 0.299. The lowest BCUT2D eigenvalue weighted by Crippen LogP contribution is -2.31. The van der Waals surface area contributed by atoms with Crippen LogP contribution in [-0.2, 0) is 0 Å². The van der Waals surface area contributed by atoms with Crippen molar-refractivity contribution >= 4 is 11.9 Å². The molecule has 1 aromatic rings. The van der Waals surface area contributed by atoms with Crippen molar-refractivity contribution in [3.8, 4) is 6.01 Å². The van der Waals surface area contributed by atoms with Crippen LogP contribution < -0.4 is 21.3 Å². The highest BCUT2D eigenvalue weighted by molar-refractivity contribution is 5.35. The molecule has 0 aromatic carbocycles. The summed E-state index contributed by atoms with van der Waals surface area (Å²) in [5, 5.41) is 3.30. The maximum atomic E-state index is 5.42. The number of hydrogen-bond acceptors (Lipinski definition) is 7. The molecule has 1 aliphatic carbocycles. The summed E-state index contributed by atoms with van der Waals surface area (Å²) in [7, 11) is 0. The third kappa shape index (κ3) is 3.66. The predicted molar refractivity (Wildman–Crippen MR) is 73.8 cm³/mol. The summed E-state index contributed by atoms with van der Waals surface area (Å²) in [5.41, 5.74) is 2.43. The van der Waals surface area contributed by atoms with Crippen LogP contribution in [0.25, 0.3) is 0 Å². The zero-order valence-corrected chi connectivity index (χ0v) is 11.5. The molecule has 7 heteroatoms. The lowest BCUT2D eigenvalue weighted by Gasteiger charge is -2.31. The van der Waals surface area contributed by atoms with Crippen LogP contribution in [0.1, 0.15) is 39.5 Å². The van der Waals surface area contributed by atoms with Crippen molar-refractivity contribution in [3.05, 3.63) is 0 Å². The summed E-state index contributed by atoms with van der Waals surface area (Å²) in [6.45, 7) is 4.75. The predicted octanol–water partition coefficient (Wildman–Crippen LogP) is 1.55. The fourth-order valence-electron chi connectivity index (χ4n) is 2.00. The first-order valence-electron chi connectivity index (χ1n) is 6.85. The first-order chi connectivity index (χ1) is 9.22. The van der Waals surface area contributed by atoms with Gasteiger partial charge in [0.1, 0.15) is 0 Å². The molecule has 0 saturated heterocycles. The van der Waals surface area contributed by atoms with Gasteiger partial charge < -0.3 is 10.1 Å². The monoisotopic (exact) mass is 266 g/mol. The molecule has 0 radical (unpaired) electrons. The van der Waals surface area contributed by atoms with Crippen molar-refractivity contribution < 1.29 is 4.74 Å². The number of rotatable bonds is 7. The molecule has 2 rings (SSSR count). The summed E-state index contributed by atoms with van der Waals surface area (Å²) in [5.74, 6) is 6.88. The number of nitrogens with one attached hydrogen (secondary N) is 2. The van der Waals surface area contributed by atoms with Crippen LogP contribution in [0.3, 0.4) is 0 Å². The van der Waals surface area contributed by atoms with E-state index in [9.17, 15) is 0 Å². The van der Waals surface area contributed by atoms with E-state index in [1.807, 2.05) is 6.92 Å². The minimum Gasteiger partial charge on any atom is -0.463 e. The Morgan fingerprint density at radius 2 is 2.05 bits per heavy atom. The Morgan fingerprint density at radius 3 is 2.63 bits per heavy atom. The molecule has 0 bridgehead atoms. The van der Waals surface area contributed by atoms with E-state index in [1.165, 1.54) is 19.3 Å². The summed E-state index contributed by atoms with van der Waals surface area (Å²) >= 11 is 0. The fourth-order valence-corrected chi connectivity index (χ4v) is 2.00. The Hall–Kier alpha value is -1.63. The van der Waals surface area contributed by atoms with E-state index in [0.717, 1.165) is 6.42 Å². The molecule has 19 heavy (non-hydrogen) atoms. The minimum atomic E-state index is 0.299. The number of hydrogen-bond donors (Lipinski definition) is 3. The van der Waals surface area contributed by atoms with Crippen LogP contribution in [0.2, 0.25) is 0 Å². The number of nitrogens with two attached hydrogens (primary N) is 1. The summed E-state index contributed by atoms with van der Waals surface area (Å²) < 4.78 is 5.42. The van der Waals surface area contributed by atoms with Crippen molar-refractivity contribution in [2.24, 2.45) is 11.8 Å². The zero-order chi connectivity index (χ0) is 13.7. The van der Waals surface area contributed by atoms with Gasteiger partial charge in [-0.25, -0.2) is 5.84 Å². The smallest absolute Gasteiger partial charge is 0.323 e. The van der Waals surface area contributed by atoms with Crippen LogP contribution in [0, 0.1) is 5.92 Å². The van der Waals surface area contributed by atoms with Gasteiger partial charge in [0.15, 0.2) is 0 Å². The Balaban J connectivity index is 2.04. The quantitative estimate of drug-likeness (QED) is 0.508. The zero-order valence-electron chi connectivity index (χ0n) is 11.5. The van der Waals surface area contributed by atoms with E-state index >= 15 is 0 Å². The second-order valence-corrected chi connectivity index (χ2v) is 4.88. The molecule has 1 aromatic heterocycles. The molecule has 0 spiro atoms. The van der Waals surface area contributed by atoms with Gasteiger partial charge in [-0.1, -0.05) is 13.3 Å². The molecule has 0 aliphatic heterocycles. The van der Waals surface area contributed by atoms with Gasteiger partial charge in [0.05, 0.1) is 6.61 Å². The normalized spacial score (nSPS) is 16.6. The second kappa shape index (κ2) is 6.51. The average molecular weight is 266 g/mol. The number of ether oxygens (including phenoxy) is 1. The molecule has 1 heterocycles. The first-order valence-corrected chi connectivity index (χ1v) is 6.85. The third-order valence-corrected chi connectivity index (χ3v) is 3.39. The molecule has 1 atom stereocenters. The highest BCUT2D eigenvalue weighted by Crippen LogP contribution is 2.30. The first kappa shape index (κ1) is 13.8. The van der Waals surface area contributed by atoms with E-state index in [-0.39, 0.29) is 0 Å². The van der Waals surface area contributed by atoms with E-state index < -0.39 is 0 Å². The summed E-state index contributed by atoms with van der Waals surface area (Å²) in [6.07, 6.45) is 4.74. The van der Waals surface area contributed by atoms with Gasteiger partial charge in [0, 0.05) is 6.04 Å².